The Morgan fingerprint density at radius 1 is 1.23 bits per heavy atom. The second kappa shape index (κ2) is 10.4. The third-order valence-corrected chi connectivity index (χ3v) is 6.45. The lowest BCUT2D eigenvalue weighted by Crippen LogP contribution is -2.16. The third kappa shape index (κ3) is 5.19. The standard InChI is InChI=1S/C25H20FN5O3S/c26-20-9-15(4-5-21(20)34-17-6-7-33-12-17)22-18(10-27)23(29)31-25(19(22)11-28)35-13-14-2-1-3-16(8-14)24(30)32/h1-5,8-9,17H,6-7,12-13H2,(H2,29,31)(H2,30,32). The summed E-state index contributed by atoms with van der Waals surface area (Å²) < 4.78 is 25.8. The molecule has 0 aliphatic carbocycles. The number of carbonyl (C=O) groups is 1. The van der Waals surface area contributed by atoms with Crippen LogP contribution in [0.4, 0.5) is 10.2 Å². The molecule has 1 saturated heterocycles. The van der Waals surface area contributed by atoms with Gasteiger partial charge in [0.1, 0.15) is 34.6 Å². The SMILES string of the molecule is N#Cc1c(N)nc(SCc2cccc(C(N)=O)c2)c(C#N)c1-c1ccc(OC2CCOC2)c(F)c1. The van der Waals surface area contributed by atoms with Crippen LogP contribution in [0.2, 0.25) is 0 Å². The van der Waals surface area contributed by atoms with Gasteiger partial charge in [-0.25, -0.2) is 9.37 Å². The van der Waals surface area contributed by atoms with Crippen LogP contribution in [0.1, 0.15) is 33.5 Å². The number of aromatic nitrogens is 1. The highest BCUT2D eigenvalue weighted by atomic mass is 32.2. The van der Waals surface area contributed by atoms with E-state index in [2.05, 4.69) is 11.1 Å². The predicted molar refractivity (Wildman–Crippen MR) is 128 cm³/mol. The first-order chi connectivity index (χ1) is 16.9. The lowest BCUT2D eigenvalue weighted by atomic mass is 9.96. The van der Waals surface area contributed by atoms with Crippen molar-refractivity contribution in [3.05, 3.63) is 70.5 Å². The monoisotopic (exact) mass is 489 g/mol. The molecular formula is C25H20FN5O3S. The van der Waals surface area contributed by atoms with E-state index < -0.39 is 11.7 Å². The minimum atomic E-state index is -0.630. The lowest BCUT2D eigenvalue weighted by Gasteiger charge is -2.15. The molecule has 4 N–H and O–H groups in total. The molecule has 176 valence electrons. The third-order valence-electron chi connectivity index (χ3n) is 5.40. The van der Waals surface area contributed by atoms with E-state index in [1.54, 1.807) is 24.3 Å². The number of pyridine rings is 1. The Hall–Kier alpha value is -4.12. The quantitative estimate of drug-likeness (QED) is 0.477. The van der Waals surface area contributed by atoms with Crippen LogP contribution in [-0.2, 0) is 10.5 Å². The Morgan fingerprint density at radius 3 is 2.69 bits per heavy atom. The van der Waals surface area contributed by atoms with E-state index in [0.717, 1.165) is 5.56 Å². The van der Waals surface area contributed by atoms with Crippen molar-refractivity contribution in [2.24, 2.45) is 5.73 Å². The predicted octanol–water partition coefficient (Wildman–Crippen LogP) is 3.77. The van der Waals surface area contributed by atoms with Gasteiger partial charge in [0.05, 0.1) is 18.8 Å². The number of nitrogens with two attached hydrogens (primary N) is 2. The van der Waals surface area contributed by atoms with E-state index >= 15 is 0 Å². The number of halogens is 1. The molecule has 3 aromatic rings. The molecule has 1 amide bonds. The largest absolute Gasteiger partial charge is 0.485 e. The number of primary amides is 1. The van der Waals surface area contributed by atoms with Crippen LogP contribution in [-0.4, -0.2) is 30.2 Å². The molecule has 2 aromatic carbocycles. The molecule has 1 aromatic heterocycles. The Balaban J connectivity index is 1.70. The van der Waals surface area contributed by atoms with E-state index in [0.29, 0.717) is 36.5 Å². The number of hydrogen-bond donors (Lipinski definition) is 2. The van der Waals surface area contributed by atoms with Gasteiger partial charge >= 0.3 is 0 Å². The zero-order valence-corrected chi connectivity index (χ0v) is 19.3. The summed E-state index contributed by atoms with van der Waals surface area (Å²) in [5.41, 5.74) is 13.1. The highest BCUT2D eigenvalue weighted by molar-refractivity contribution is 7.98. The van der Waals surface area contributed by atoms with Gasteiger partial charge in [-0.3, -0.25) is 4.79 Å². The molecule has 4 rings (SSSR count). The van der Waals surface area contributed by atoms with Crippen LogP contribution >= 0.6 is 11.8 Å². The maximum atomic E-state index is 14.9. The zero-order chi connectivity index (χ0) is 24.9. The first-order valence-corrected chi connectivity index (χ1v) is 11.6. The van der Waals surface area contributed by atoms with Crippen LogP contribution in [0.3, 0.4) is 0 Å². The molecule has 1 aliphatic rings. The van der Waals surface area contributed by atoms with Crippen molar-refractivity contribution in [3.8, 4) is 29.0 Å². The van der Waals surface area contributed by atoms with E-state index in [9.17, 15) is 19.7 Å². The first-order valence-electron chi connectivity index (χ1n) is 10.6. The molecule has 1 atom stereocenters. The van der Waals surface area contributed by atoms with E-state index in [1.165, 1.54) is 23.9 Å². The number of rotatable bonds is 7. The molecule has 0 radical (unpaired) electrons. The zero-order valence-electron chi connectivity index (χ0n) is 18.5. The molecule has 0 spiro atoms. The Kier molecular flexibility index (Phi) is 7.16. The molecule has 2 heterocycles. The van der Waals surface area contributed by atoms with Gasteiger partial charge in [0, 0.05) is 23.3 Å². The minimum absolute atomic E-state index is 0.0149. The normalized spacial score (nSPS) is 14.8. The average molecular weight is 490 g/mol. The number of carbonyl (C=O) groups excluding carboxylic acids is 1. The Labute approximate surface area is 205 Å². The molecule has 1 fully saturated rings. The maximum Gasteiger partial charge on any atom is 0.248 e. The van der Waals surface area contributed by atoms with E-state index in [-0.39, 0.29) is 39.4 Å². The average Bonchev–Trinajstić information content (AvgIpc) is 3.37. The number of nitrogen functional groups attached to an aromatic ring is 1. The van der Waals surface area contributed by atoms with Gasteiger partial charge < -0.3 is 20.9 Å². The highest BCUT2D eigenvalue weighted by Crippen LogP contribution is 2.38. The number of benzene rings is 2. The fourth-order valence-corrected chi connectivity index (χ4v) is 4.63. The van der Waals surface area contributed by atoms with E-state index in [4.69, 9.17) is 20.9 Å². The molecule has 1 aliphatic heterocycles. The van der Waals surface area contributed by atoms with Crippen LogP contribution in [0.15, 0.2) is 47.5 Å². The van der Waals surface area contributed by atoms with E-state index in [1.807, 2.05) is 12.1 Å². The van der Waals surface area contributed by atoms with Crippen LogP contribution in [0.25, 0.3) is 11.1 Å². The molecule has 0 saturated carbocycles. The fraction of sp³-hybridized carbons (Fsp3) is 0.200. The number of nitriles is 2. The summed E-state index contributed by atoms with van der Waals surface area (Å²) in [6.45, 7) is 0.952. The number of nitrogens with zero attached hydrogens (tertiary/aromatic N) is 3. The van der Waals surface area contributed by atoms with Crippen molar-refractivity contribution in [1.82, 2.24) is 4.98 Å². The summed E-state index contributed by atoms with van der Waals surface area (Å²) >= 11 is 1.21. The number of amides is 1. The van der Waals surface area contributed by atoms with Crippen LogP contribution in [0.5, 0.6) is 5.75 Å². The minimum Gasteiger partial charge on any atom is -0.485 e. The van der Waals surface area contributed by atoms with Crippen molar-refractivity contribution < 1.29 is 18.7 Å². The summed E-state index contributed by atoms with van der Waals surface area (Å²) in [6, 6.07) is 15.1. The van der Waals surface area contributed by atoms with Crippen molar-refractivity contribution in [2.75, 3.05) is 18.9 Å². The van der Waals surface area contributed by atoms with Gasteiger partial charge in [0.15, 0.2) is 11.6 Å². The number of ether oxygens (including phenoxy) is 2. The molecule has 0 bridgehead atoms. The molecule has 8 nitrogen and oxygen atoms in total. The first kappa shape index (κ1) is 24.0. The summed E-state index contributed by atoms with van der Waals surface area (Å²) in [6.07, 6.45) is 0.439. The van der Waals surface area contributed by atoms with Gasteiger partial charge in [0.25, 0.3) is 0 Å². The Morgan fingerprint density at radius 2 is 2.03 bits per heavy atom. The van der Waals surface area contributed by atoms with Crippen molar-refractivity contribution in [3.63, 3.8) is 0 Å². The lowest BCUT2D eigenvalue weighted by molar-refractivity contribution is 0.1000. The number of thioether (sulfide) groups is 1. The molecule has 10 heteroatoms. The smallest absolute Gasteiger partial charge is 0.248 e. The fourth-order valence-electron chi connectivity index (χ4n) is 3.69. The number of hydrogen-bond acceptors (Lipinski definition) is 8. The van der Waals surface area contributed by atoms with Crippen molar-refractivity contribution in [2.45, 2.75) is 23.3 Å². The summed E-state index contributed by atoms with van der Waals surface area (Å²) in [5, 5.41) is 19.9. The van der Waals surface area contributed by atoms with Crippen LogP contribution < -0.4 is 16.2 Å². The highest BCUT2D eigenvalue weighted by Gasteiger charge is 2.23. The summed E-state index contributed by atoms with van der Waals surface area (Å²) in [4.78, 5) is 15.7. The van der Waals surface area contributed by atoms with Gasteiger partial charge in [0.2, 0.25) is 5.91 Å². The molecular weight excluding hydrogens is 469 g/mol. The second-order valence-corrected chi connectivity index (χ2v) is 8.72. The number of anilines is 1. The molecule has 1 unspecified atom stereocenters. The van der Waals surface area contributed by atoms with Crippen molar-refractivity contribution >= 4 is 23.5 Å². The maximum absolute atomic E-state index is 14.9. The van der Waals surface area contributed by atoms with Gasteiger partial charge in [-0.1, -0.05) is 18.2 Å². The summed E-state index contributed by atoms with van der Waals surface area (Å²) in [7, 11) is 0. The van der Waals surface area contributed by atoms with Gasteiger partial charge in [-0.2, -0.15) is 10.5 Å². The Bertz CT molecular complexity index is 1380. The summed E-state index contributed by atoms with van der Waals surface area (Å²) in [5.74, 6) is -0.827. The molecule has 35 heavy (non-hydrogen) atoms. The topological polar surface area (TPSA) is 148 Å². The van der Waals surface area contributed by atoms with Crippen LogP contribution in [0, 0.1) is 28.5 Å². The van der Waals surface area contributed by atoms with Gasteiger partial charge in [-0.05, 0) is 35.4 Å². The van der Waals surface area contributed by atoms with Crippen molar-refractivity contribution in [1.29, 1.82) is 10.5 Å². The second-order valence-electron chi connectivity index (χ2n) is 7.75. The van der Waals surface area contributed by atoms with Gasteiger partial charge in [-0.15, -0.1) is 11.8 Å².